The van der Waals surface area contributed by atoms with Crippen molar-refractivity contribution in [2.24, 2.45) is 5.92 Å². The van der Waals surface area contributed by atoms with Crippen LogP contribution >= 0.6 is 0 Å². The number of ketones is 1. The lowest BCUT2D eigenvalue weighted by molar-refractivity contribution is -0.116. The summed E-state index contributed by atoms with van der Waals surface area (Å²) in [5.41, 5.74) is 11.5. The zero-order valence-corrected chi connectivity index (χ0v) is 83.3. The van der Waals surface area contributed by atoms with Gasteiger partial charge in [-0.15, -0.1) is 0 Å². The molecule has 10 heterocycles. The molecular formula is C116H112N16O16. The number of aryl methyl sites for hydroxylation is 3. The number of amides is 5. The average molecular weight is 1990 g/mol. The summed E-state index contributed by atoms with van der Waals surface area (Å²) in [5, 5.41) is 73.0. The zero-order valence-electron chi connectivity index (χ0n) is 83.3. The second kappa shape index (κ2) is 45.0. The van der Waals surface area contributed by atoms with Crippen LogP contribution < -0.4 is 27.1 Å². The molecule has 0 saturated heterocycles. The van der Waals surface area contributed by atoms with Gasteiger partial charge in [-0.2, -0.15) is 25.5 Å². The number of carbonyl (C=O) groups is 6. The van der Waals surface area contributed by atoms with Gasteiger partial charge in [-0.3, -0.25) is 76.1 Å². The molecule has 0 radical (unpaired) electrons. The van der Waals surface area contributed by atoms with Gasteiger partial charge in [0.1, 0.15) is 5.78 Å². The Labute approximate surface area is 853 Å². The van der Waals surface area contributed by atoms with Crippen molar-refractivity contribution in [3.05, 3.63) is 473 Å². The van der Waals surface area contributed by atoms with E-state index < -0.39 is 79.5 Å². The summed E-state index contributed by atoms with van der Waals surface area (Å²) >= 11 is 0. The fourth-order valence-corrected chi connectivity index (χ4v) is 20.6. The van der Waals surface area contributed by atoms with E-state index in [1.165, 1.54) is 39.0 Å². The van der Waals surface area contributed by atoms with Crippen LogP contribution in [0.25, 0.3) is 4.85 Å². The number of hydrogen-bond donors (Lipinski definition) is 5. The first kappa shape index (κ1) is 103. The molecule has 0 bridgehead atoms. The molecule has 0 spiro atoms. The number of benzene rings is 10. The smallest absolute Gasteiger partial charge is 0.276 e. The minimum atomic E-state index is -0.689. The first-order valence-electron chi connectivity index (χ1n) is 48.6. The van der Waals surface area contributed by atoms with E-state index in [0.717, 1.165) is 110 Å². The second-order valence-corrected chi connectivity index (χ2v) is 38.1. The third kappa shape index (κ3) is 21.7. The normalized spacial score (nSPS) is 16.8. The Morgan fingerprint density at radius 1 is 0.324 bits per heavy atom. The second-order valence-electron chi connectivity index (χ2n) is 38.1. The van der Waals surface area contributed by atoms with Gasteiger partial charge in [-0.05, 0) is 99.9 Å². The minimum Gasteiger partial charge on any atom is -0.502 e. The van der Waals surface area contributed by atoms with Gasteiger partial charge in [0, 0.05) is 103 Å². The Hall–Kier alpha value is -17.9. The summed E-state index contributed by atoms with van der Waals surface area (Å²) in [6, 6.07) is 88.3. The topological polar surface area (TPSA) is 399 Å². The summed E-state index contributed by atoms with van der Waals surface area (Å²) in [7, 11) is 6.64. The fourth-order valence-electron chi connectivity index (χ4n) is 20.6. The predicted molar refractivity (Wildman–Crippen MR) is 558 cm³/mol. The van der Waals surface area contributed by atoms with E-state index >= 15 is 0 Å². The van der Waals surface area contributed by atoms with Crippen LogP contribution in [0, 0.1) is 26.3 Å². The molecule has 9 unspecified atom stereocenters. The molecule has 32 heteroatoms. The Morgan fingerprint density at radius 2 is 0.568 bits per heavy atom. The summed E-state index contributed by atoms with van der Waals surface area (Å²) in [6.07, 6.45) is 6.56. The summed E-state index contributed by atoms with van der Waals surface area (Å²) < 4.78 is 7.50. The number of fused-ring (bicyclic) bond motifs is 5. The molecular weight excluding hydrogens is 1870 g/mol. The maximum atomic E-state index is 13.1. The lowest BCUT2D eigenvalue weighted by Gasteiger charge is -2.39. The molecule has 752 valence electrons. The molecule has 5 N–H and O–H groups in total. The van der Waals surface area contributed by atoms with Gasteiger partial charge in [0.15, 0.2) is 62.9 Å². The number of nitrogens with zero attached hydrogens (tertiary/aromatic N) is 16. The molecule has 5 aliphatic rings. The third-order valence-electron chi connectivity index (χ3n) is 27.4. The number of carbonyl (C=O) groups excluding carboxylic acids is 6. The zero-order chi connectivity index (χ0) is 105. The minimum absolute atomic E-state index is 0.0312. The molecule has 20 rings (SSSR count). The van der Waals surface area contributed by atoms with Gasteiger partial charge < -0.3 is 50.0 Å². The number of likely N-dealkylation sites (N-methyl/N-ethyl adjacent to an activating group) is 4. The number of Topliss-reactive ketones (excluding diaryl/α,β-unsaturated/α-hetero) is 1. The van der Waals surface area contributed by atoms with Crippen LogP contribution in [0.2, 0.25) is 0 Å². The van der Waals surface area contributed by atoms with Gasteiger partial charge in [0.25, 0.3) is 29.5 Å². The van der Waals surface area contributed by atoms with Crippen LogP contribution in [0.15, 0.2) is 328 Å². The highest BCUT2D eigenvalue weighted by molar-refractivity contribution is 5.98. The maximum Gasteiger partial charge on any atom is 0.276 e. The van der Waals surface area contributed by atoms with Crippen molar-refractivity contribution >= 4 is 41.0 Å². The van der Waals surface area contributed by atoms with Crippen LogP contribution in [0.3, 0.4) is 0 Å². The highest BCUT2D eigenvalue weighted by Crippen LogP contribution is 2.47. The van der Waals surface area contributed by atoms with Gasteiger partial charge in [0.2, 0.25) is 27.1 Å². The van der Waals surface area contributed by atoms with Crippen LogP contribution in [0.5, 0.6) is 28.7 Å². The van der Waals surface area contributed by atoms with Crippen LogP contribution in [0.1, 0.15) is 218 Å². The molecule has 10 aromatic carbocycles. The van der Waals surface area contributed by atoms with Crippen molar-refractivity contribution in [1.82, 2.24) is 73.4 Å². The highest BCUT2D eigenvalue weighted by Gasteiger charge is 2.46. The Bertz CT molecular complexity index is 7830. The van der Waals surface area contributed by atoms with Crippen LogP contribution in [-0.4, -0.2) is 202 Å². The molecule has 0 saturated carbocycles. The largest absolute Gasteiger partial charge is 0.502 e. The SMILES string of the molecule is CC(=O)Cc1cccc(C(c2ccccc2)C2CN(C)C(=O)c3c(O)c(=O)cnn32)c1.CC(C)CN1CC(C(c2ccccc2)c2ccccc2)n2ncc(=O)c(O)c2C1=O.CCc1cccc(C(c2ccccc2)C2CN(C)C(=O)c3c(O)c(=O)cnn32)c1.Cc1cccc(C(c2ccccc2)C2CN(C)C(=O)c3c(O)c(=O)cnn32)c1.[C-]#[N+]c1cccc(C(c2cccc(C)c2)C2CN(C)C(=O)c3c(O)c(=O)cnn32)c1. The highest BCUT2D eigenvalue weighted by atomic mass is 16.3. The monoisotopic (exact) mass is 1980 g/mol. The van der Waals surface area contributed by atoms with Crippen LogP contribution in [-0.2, 0) is 17.6 Å². The van der Waals surface area contributed by atoms with Crippen molar-refractivity contribution in [2.45, 2.75) is 114 Å². The van der Waals surface area contributed by atoms with Crippen molar-refractivity contribution < 1.29 is 54.3 Å². The lowest BCUT2D eigenvalue weighted by atomic mass is 9.83. The first-order valence-corrected chi connectivity index (χ1v) is 48.6. The molecule has 0 aliphatic carbocycles. The summed E-state index contributed by atoms with van der Waals surface area (Å²) in [5.74, 6) is -5.36. The maximum absolute atomic E-state index is 13.1. The van der Waals surface area contributed by atoms with E-state index in [2.05, 4.69) is 110 Å². The van der Waals surface area contributed by atoms with Crippen molar-refractivity contribution in [3.63, 3.8) is 0 Å². The van der Waals surface area contributed by atoms with Gasteiger partial charge >= 0.3 is 0 Å². The number of aromatic hydroxyl groups is 5. The average Bonchev–Trinajstić information content (AvgIpc) is 0.764. The van der Waals surface area contributed by atoms with Crippen molar-refractivity contribution in [1.29, 1.82) is 0 Å². The van der Waals surface area contributed by atoms with E-state index in [1.807, 2.05) is 222 Å². The third-order valence-corrected chi connectivity index (χ3v) is 27.4. The molecule has 0 fully saturated rings. The molecule has 15 aromatic rings. The van der Waals surface area contributed by atoms with Crippen LogP contribution in [0.4, 0.5) is 5.69 Å². The molecule has 5 amide bonds. The predicted octanol–water partition coefficient (Wildman–Crippen LogP) is 14.9. The Balaban J connectivity index is 0.000000132. The lowest BCUT2D eigenvalue weighted by Crippen LogP contribution is -2.48. The standard InChI is InChI=1S/C24H23N3O4.C24H25N3O3.C23H20N4O3.C23H23N3O3.C22H21N3O3/c1-15(28)11-16-7-6-10-18(12-16)21(17-8-4-3-5-9-17)19-14-26(2)24(31)22-23(30)20(29)13-25-27(19)22;1-16(2)14-26-15-19(27-22(24(26)30)23(29)20(28)13-25-27)21(17-9-5-3-6-10-17)18-11-7-4-8-12-18;1-14-6-4-7-15(10-14)20(16-8-5-9-17(11-16)24-2)18-13-26(3)23(30)21-22(29)19(28)12-25-27(18)21;1-3-15-8-7-11-17(12-15)20(16-9-5-4-6-10-16)18-14-25(2)23(29)21-22(28)19(27)13-24-26(18)21;1-14-7-6-10-16(11-14)19(15-8-4-3-5-9-15)17-13-24(2)22(28)20-21(27)18(26)12-23-25(17)20/h3-10,12-13,19,21,30H,11,14H2,1-2H3;3-13,16,19,21,29H,14-15H2,1-2H3;4-12,18,20,29H,13H2,1,3H3;4-13,18,20,28H,3,14H2,1-2H3;3-12,17,19,27H,13H2,1-2H3. The number of aromatic nitrogens is 10. The molecule has 5 aromatic heterocycles. The van der Waals surface area contributed by atoms with E-state index in [-0.39, 0.29) is 106 Å². The van der Waals surface area contributed by atoms with E-state index in [1.54, 1.807) is 55.7 Å². The van der Waals surface area contributed by atoms with Crippen molar-refractivity contribution in [3.8, 4) is 28.7 Å². The molecule has 148 heavy (non-hydrogen) atoms. The Kier molecular flexibility index (Phi) is 31.3. The summed E-state index contributed by atoms with van der Waals surface area (Å²) in [4.78, 5) is 147. The molecule has 5 aliphatic heterocycles. The van der Waals surface area contributed by atoms with Gasteiger partial charge in [-0.25, -0.2) is 4.85 Å². The summed E-state index contributed by atoms with van der Waals surface area (Å²) in [6.45, 7) is 21.7. The van der Waals surface area contributed by atoms with E-state index in [9.17, 15) is 78.3 Å². The number of hydrogen-bond acceptors (Lipinski definition) is 21. The molecule has 32 nitrogen and oxygen atoms in total. The number of rotatable bonds is 20. The van der Waals surface area contributed by atoms with E-state index in [0.29, 0.717) is 51.4 Å². The Morgan fingerprint density at radius 3 is 0.851 bits per heavy atom. The van der Waals surface area contributed by atoms with Crippen molar-refractivity contribution in [2.75, 3.05) is 67.5 Å². The first-order chi connectivity index (χ1) is 71.2. The quantitative estimate of drug-likeness (QED) is 0.0442. The van der Waals surface area contributed by atoms with Gasteiger partial charge in [-0.1, -0.05) is 305 Å². The van der Waals surface area contributed by atoms with Gasteiger partial charge in [0.05, 0.1) is 67.8 Å². The van der Waals surface area contributed by atoms with E-state index in [4.69, 9.17) is 6.57 Å². The molecule has 9 atom stereocenters. The fraction of sp³-hybridized carbons (Fsp3) is 0.250.